The highest BCUT2D eigenvalue weighted by Crippen LogP contribution is 2.22. The minimum atomic E-state index is -0.925. The van der Waals surface area contributed by atoms with E-state index in [1.54, 1.807) is 38.1 Å². The zero-order chi connectivity index (χ0) is 21.0. The van der Waals surface area contributed by atoms with E-state index in [1.807, 2.05) is 25.1 Å². The Balaban J connectivity index is 1.72. The van der Waals surface area contributed by atoms with Crippen molar-refractivity contribution >= 4 is 11.6 Å². The standard InChI is InChI=1S/C22H23ClN2O4/c1-15-10-18(8-9-20(15)29-14-22(2,3)27)25-21(26)11-19(12-24-25)28-13-16-4-6-17(23)7-5-16/h4-12,27H,13-14H2,1-3H3. The van der Waals surface area contributed by atoms with E-state index in [4.69, 9.17) is 21.1 Å². The number of rotatable bonds is 7. The Morgan fingerprint density at radius 1 is 1.10 bits per heavy atom. The Morgan fingerprint density at radius 2 is 1.83 bits per heavy atom. The predicted octanol–water partition coefficient (Wildman–Crippen LogP) is 3.92. The van der Waals surface area contributed by atoms with Gasteiger partial charge in [-0.25, -0.2) is 0 Å². The molecule has 0 aliphatic heterocycles. The lowest BCUT2D eigenvalue weighted by Crippen LogP contribution is -2.28. The van der Waals surface area contributed by atoms with Crippen LogP contribution in [0, 0.1) is 6.92 Å². The maximum atomic E-state index is 12.5. The molecule has 1 aromatic heterocycles. The summed E-state index contributed by atoms with van der Waals surface area (Å²) < 4.78 is 12.6. The number of aromatic nitrogens is 2. The molecule has 0 unspecified atom stereocenters. The smallest absolute Gasteiger partial charge is 0.275 e. The first-order valence-corrected chi connectivity index (χ1v) is 9.52. The van der Waals surface area contributed by atoms with Crippen LogP contribution < -0.4 is 15.0 Å². The molecule has 0 bridgehead atoms. The lowest BCUT2D eigenvalue weighted by molar-refractivity contribution is 0.0282. The summed E-state index contributed by atoms with van der Waals surface area (Å²) in [6.45, 7) is 5.71. The lowest BCUT2D eigenvalue weighted by Gasteiger charge is -2.19. The number of benzene rings is 2. The Hall–Kier alpha value is -2.83. The highest BCUT2D eigenvalue weighted by atomic mass is 35.5. The number of hydrogen-bond donors (Lipinski definition) is 1. The van der Waals surface area contributed by atoms with Crippen molar-refractivity contribution in [3.8, 4) is 17.2 Å². The summed E-state index contributed by atoms with van der Waals surface area (Å²) in [7, 11) is 0. The number of ether oxygens (including phenoxy) is 2. The second-order valence-corrected chi connectivity index (χ2v) is 7.84. The summed E-state index contributed by atoms with van der Waals surface area (Å²) in [4.78, 5) is 12.5. The molecule has 3 aromatic rings. The van der Waals surface area contributed by atoms with Crippen molar-refractivity contribution in [3.63, 3.8) is 0 Å². The van der Waals surface area contributed by atoms with Crippen LogP contribution >= 0.6 is 11.6 Å². The summed E-state index contributed by atoms with van der Waals surface area (Å²) in [6.07, 6.45) is 1.51. The maximum Gasteiger partial charge on any atom is 0.275 e. The zero-order valence-corrected chi connectivity index (χ0v) is 17.3. The molecule has 0 radical (unpaired) electrons. The molecule has 1 N–H and O–H groups in total. The number of nitrogens with zero attached hydrogens (tertiary/aromatic N) is 2. The molecular formula is C22H23ClN2O4. The topological polar surface area (TPSA) is 73.6 Å². The van der Waals surface area contributed by atoms with Crippen LogP contribution in [0.3, 0.4) is 0 Å². The minimum absolute atomic E-state index is 0.172. The fourth-order valence-corrected chi connectivity index (χ4v) is 2.72. The van der Waals surface area contributed by atoms with E-state index in [1.165, 1.54) is 16.9 Å². The summed E-state index contributed by atoms with van der Waals surface area (Å²) in [6, 6.07) is 14.0. The van der Waals surface area contributed by atoms with Gasteiger partial charge in [-0.2, -0.15) is 9.78 Å². The van der Waals surface area contributed by atoms with Crippen LogP contribution in [0.15, 0.2) is 59.5 Å². The lowest BCUT2D eigenvalue weighted by atomic mass is 10.1. The van der Waals surface area contributed by atoms with Gasteiger partial charge >= 0.3 is 0 Å². The summed E-state index contributed by atoms with van der Waals surface area (Å²) >= 11 is 5.87. The summed E-state index contributed by atoms with van der Waals surface area (Å²) in [5.74, 6) is 1.04. The summed E-state index contributed by atoms with van der Waals surface area (Å²) in [5, 5.41) is 14.7. The number of halogens is 1. The number of aliphatic hydroxyl groups is 1. The highest BCUT2D eigenvalue weighted by molar-refractivity contribution is 6.30. The van der Waals surface area contributed by atoms with Crippen LogP contribution in [0.5, 0.6) is 11.5 Å². The molecule has 6 nitrogen and oxygen atoms in total. The third-order valence-electron chi connectivity index (χ3n) is 4.08. The molecule has 1 heterocycles. The maximum absolute atomic E-state index is 12.5. The first-order chi connectivity index (χ1) is 13.7. The zero-order valence-electron chi connectivity index (χ0n) is 16.6. The molecule has 3 rings (SSSR count). The van der Waals surface area contributed by atoms with Crippen LogP contribution in [-0.2, 0) is 6.61 Å². The average Bonchev–Trinajstić information content (AvgIpc) is 2.66. The predicted molar refractivity (Wildman–Crippen MR) is 112 cm³/mol. The van der Waals surface area contributed by atoms with Gasteiger partial charge in [-0.15, -0.1) is 0 Å². The molecule has 0 aliphatic rings. The van der Waals surface area contributed by atoms with Gasteiger partial charge in [-0.05, 0) is 62.2 Å². The fourth-order valence-electron chi connectivity index (χ4n) is 2.59. The number of hydrogen-bond acceptors (Lipinski definition) is 5. The Kier molecular flexibility index (Phi) is 6.25. The molecule has 0 atom stereocenters. The minimum Gasteiger partial charge on any atom is -0.490 e. The second-order valence-electron chi connectivity index (χ2n) is 7.41. The third-order valence-corrected chi connectivity index (χ3v) is 4.33. The van der Waals surface area contributed by atoms with Gasteiger partial charge < -0.3 is 14.6 Å². The van der Waals surface area contributed by atoms with Gasteiger partial charge in [0.15, 0.2) is 0 Å². The van der Waals surface area contributed by atoms with Gasteiger partial charge in [0, 0.05) is 11.1 Å². The molecule has 152 valence electrons. The van der Waals surface area contributed by atoms with Gasteiger partial charge in [0.2, 0.25) is 0 Å². The van der Waals surface area contributed by atoms with Gasteiger partial charge in [-0.1, -0.05) is 23.7 Å². The molecule has 29 heavy (non-hydrogen) atoms. The average molecular weight is 415 g/mol. The Labute approximate surface area is 174 Å². The SMILES string of the molecule is Cc1cc(-n2ncc(OCc3ccc(Cl)cc3)cc2=O)ccc1OCC(C)(C)O. The molecule has 0 fully saturated rings. The monoisotopic (exact) mass is 414 g/mol. The molecule has 0 spiro atoms. The molecule has 2 aromatic carbocycles. The molecular weight excluding hydrogens is 392 g/mol. The first kappa shape index (κ1) is 20.9. The molecule has 0 saturated heterocycles. The van der Waals surface area contributed by atoms with Crippen LogP contribution in [0.1, 0.15) is 25.0 Å². The third kappa shape index (κ3) is 5.82. The number of aryl methyl sites for hydroxylation is 1. The van der Waals surface area contributed by atoms with E-state index in [9.17, 15) is 9.90 Å². The Morgan fingerprint density at radius 3 is 2.45 bits per heavy atom. The van der Waals surface area contributed by atoms with Crippen molar-refractivity contribution in [1.29, 1.82) is 0 Å². The first-order valence-electron chi connectivity index (χ1n) is 9.14. The van der Waals surface area contributed by atoms with Crippen molar-refractivity contribution < 1.29 is 14.6 Å². The Bertz CT molecular complexity index is 1040. The normalized spacial score (nSPS) is 11.3. The second kappa shape index (κ2) is 8.68. The van der Waals surface area contributed by atoms with Crippen molar-refractivity contribution in [3.05, 3.63) is 81.2 Å². The quantitative estimate of drug-likeness (QED) is 0.634. The van der Waals surface area contributed by atoms with E-state index in [0.29, 0.717) is 28.8 Å². The van der Waals surface area contributed by atoms with Crippen molar-refractivity contribution in [1.82, 2.24) is 9.78 Å². The molecule has 0 amide bonds. The molecule has 0 aliphatic carbocycles. The van der Waals surface area contributed by atoms with Gasteiger partial charge in [0.25, 0.3) is 5.56 Å². The fraction of sp³-hybridized carbons (Fsp3) is 0.273. The van der Waals surface area contributed by atoms with E-state index >= 15 is 0 Å². The van der Waals surface area contributed by atoms with E-state index in [0.717, 1.165) is 11.1 Å². The van der Waals surface area contributed by atoms with Crippen molar-refractivity contribution in [2.45, 2.75) is 33.0 Å². The van der Waals surface area contributed by atoms with E-state index < -0.39 is 5.60 Å². The van der Waals surface area contributed by atoms with Crippen LogP contribution in [-0.4, -0.2) is 27.1 Å². The van der Waals surface area contributed by atoms with E-state index in [-0.39, 0.29) is 12.2 Å². The van der Waals surface area contributed by atoms with Gasteiger partial charge in [0.1, 0.15) is 24.7 Å². The van der Waals surface area contributed by atoms with Crippen LogP contribution in [0.25, 0.3) is 5.69 Å². The summed E-state index contributed by atoms with van der Waals surface area (Å²) in [5.41, 5.74) is 1.17. The van der Waals surface area contributed by atoms with Gasteiger partial charge in [-0.3, -0.25) is 4.79 Å². The van der Waals surface area contributed by atoms with Gasteiger partial charge in [0.05, 0.1) is 17.5 Å². The highest BCUT2D eigenvalue weighted by Gasteiger charge is 2.14. The molecule has 7 heteroatoms. The van der Waals surface area contributed by atoms with Crippen molar-refractivity contribution in [2.75, 3.05) is 6.61 Å². The van der Waals surface area contributed by atoms with E-state index in [2.05, 4.69) is 5.10 Å². The molecule has 0 saturated carbocycles. The van der Waals surface area contributed by atoms with Crippen molar-refractivity contribution in [2.24, 2.45) is 0 Å². The largest absolute Gasteiger partial charge is 0.490 e. The van der Waals surface area contributed by atoms with Crippen LogP contribution in [0.4, 0.5) is 0 Å². The van der Waals surface area contributed by atoms with Crippen LogP contribution in [0.2, 0.25) is 5.02 Å².